The molecule has 0 bridgehead atoms. The van der Waals surface area contributed by atoms with Crippen LogP contribution in [0.15, 0.2) is 30.3 Å². The summed E-state index contributed by atoms with van der Waals surface area (Å²) in [6, 6.07) is 10.4. The van der Waals surface area contributed by atoms with Gasteiger partial charge >= 0.3 is 0 Å². The van der Waals surface area contributed by atoms with Crippen molar-refractivity contribution in [3.8, 4) is 23.0 Å². The number of rotatable bonds is 7. The summed E-state index contributed by atoms with van der Waals surface area (Å²) in [5.74, 6) is 3.75. The summed E-state index contributed by atoms with van der Waals surface area (Å²) < 4.78 is 33.5. The lowest BCUT2D eigenvalue weighted by atomic mass is 9.67. The maximum atomic E-state index is 5.68. The zero-order valence-corrected chi connectivity index (χ0v) is 17.4. The van der Waals surface area contributed by atoms with Gasteiger partial charge in [0.25, 0.3) is 0 Å². The second-order valence-corrected chi connectivity index (χ2v) is 7.54. The Bertz CT molecular complexity index is 865. The Morgan fingerprint density at radius 1 is 0.862 bits per heavy atom. The summed E-state index contributed by atoms with van der Waals surface area (Å²) in [6.07, 6.45) is 0.914. The number of methoxy groups -OCH3 is 4. The Labute approximate surface area is 171 Å². The minimum atomic E-state index is 0.119. The van der Waals surface area contributed by atoms with Crippen LogP contribution in [0.25, 0.3) is 0 Å². The van der Waals surface area contributed by atoms with E-state index >= 15 is 0 Å². The van der Waals surface area contributed by atoms with Crippen molar-refractivity contribution in [3.63, 3.8) is 0 Å². The molecule has 156 valence electrons. The highest BCUT2D eigenvalue weighted by Gasteiger charge is 2.39. The predicted molar refractivity (Wildman–Crippen MR) is 108 cm³/mol. The molecule has 0 saturated heterocycles. The quantitative estimate of drug-likeness (QED) is 0.707. The van der Waals surface area contributed by atoms with Gasteiger partial charge in [0, 0.05) is 26.7 Å². The van der Waals surface area contributed by atoms with Crippen LogP contribution in [0.5, 0.6) is 23.0 Å². The lowest BCUT2D eigenvalue weighted by molar-refractivity contribution is 0.0566. The van der Waals surface area contributed by atoms with E-state index in [1.165, 1.54) is 11.1 Å². The van der Waals surface area contributed by atoms with Gasteiger partial charge in [0.1, 0.15) is 0 Å². The van der Waals surface area contributed by atoms with E-state index < -0.39 is 0 Å². The summed E-state index contributed by atoms with van der Waals surface area (Å²) >= 11 is 0. The fraction of sp³-hybridized carbons (Fsp3) is 0.478. The van der Waals surface area contributed by atoms with E-state index in [1.807, 2.05) is 6.07 Å². The Kier molecular flexibility index (Phi) is 5.83. The van der Waals surface area contributed by atoms with Gasteiger partial charge in [-0.05, 0) is 59.2 Å². The highest BCUT2D eigenvalue weighted by Crippen LogP contribution is 2.49. The van der Waals surface area contributed by atoms with Gasteiger partial charge in [-0.1, -0.05) is 6.07 Å². The first kappa shape index (κ1) is 19.9. The topological polar surface area (TPSA) is 55.4 Å². The van der Waals surface area contributed by atoms with Gasteiger partial charge in [-0.2, -0.15) is 0 Å². The summed E-state index contributed by atoms with van der Waals surface area (Å²) in [4.78, 5) is 0. The molecular formula is C23H28O6. The molecule has 4 rings (SSSR count). The van der Waals surface area contributed by atoms with Crippen LogP contribution >= 0.6 is 0 Å². The average molecular weight is 400 g/mol. The molecular weight excluding hydrogens is 372 g/mol. The molecule has 29 heavy (non-hydrogen) atoms. The van der Waals surface area contributed by atoms with Crippen molar-refractivity contribution in [3.05, 3.63) is 47.0 Å². The van der Waals surface area contributed by atoms with Crippen LogP contribution in [-0.4, -0.2) is 48.4 Å². The third kappa shape index (κ3) is 3.63. The number of ether oxygens (including phenoxy) is 6. The fourth-order valence-electron chi connectivity index (χ4n) is 4.70. The van der Waals surface area contributed by atoms with Crippen molar-refractivity contribution in [1.29, 1.82) is 0 Å². The normalized spacial score (nSPS) is 22.3. The lowest BCUT2D eigenvalue weighted by Crippen LogP contribution is -2.36. The number of fused-ring (bicyclic) bond motifs is 2. The molecule has 2 aromatic carbocycles. The van der Waals surface area contributed by atoms with Crippen LogP contribution in [0, 0.1) is 11.8 Å². The SMILES string of the molecule is COC[C@@H]1Cc2cc3c(cc2[C@H](c2ccc(OC)c(OC)c2)[C@H]1COC)OCO3. The lowest BCUT2D eigenvalue weighted by Gasteiger charge is -2.39. The second-order valence-electron chi connectivity index (χ2n) is 7.54. The highest BCUT2D eigenvalue weighted by atomic mass is 16.7. The summed E-state index contributed by atoms with van der Waals surface area (Å²) in [6.45, 7) is 1.58. The Hall–Kier alpha value is -2.44. The number of hydrogen-bond donors (Lipinski definition) is 0. The van der Waals surface area contributed by atoms with Crippen molar-refractivity contribution in [2.75, 3.05) is 48.4 Å². The zero-order chi connectivity index (χ0) is 20.4. The van der Waals surface area contributed by atoms with Crippen molar-refractivity contribution < 1.29 is 28.4 Å². The monoisotopic (exact) mass is 400 g/mol. The van der Waals surface area contributed by atoms with Crippen LogP contribution in [0.1, 0.15) is 22.6 Å². The third-order valence-electron chi connectivity index (χ3n) is 5.99. The minimum Gasteiger partial charge on any atom is -0.493 e. The van der Waals surface area contributed by atoms with E-state index in [-0.39, 0.29) is 18.6 Å². The minimum absolute atomic E-state index is 0.119. The maximum absolute atomic E-state index is 5.68. The molecule has 0 unspecified atom stereocenters. The van der Waals surface area contributed by atoms with Crippen LogP contribution in [0.3, 0.4) is 0 Å². The average Bonchev–Trinajstić information content (AvgIpc) is 3.20. The summed E-state index contributed by atoms with van der Waals surface area (Å²) in [7, 11) is 6.82. The molecule has 0 fully saturated rings. The van der Waals surface area contributed by atoms with Gasteiger partial charge in [-0.15, -0.1) is 0 Å². The summed E-state index contributed by atoms with van der Waals surface area (Å²) in [5.41, 5.74) is 3.67. The largest absolute Gasteiger partial charge is 0.493 e. The molecule has 0 amide bonds. The predicted octanol–water partition coefficient (Wildman–Crippen LogP) is 3.65. The molecule has 0 aromatic heterocycles. The van der Waals surface area contributed by atoms with E-state index in [1.54, 1.807) is 28.4 Å². The van der Waals surface area contributed by atoms with Crippen molar-refractivity contribution in [2.24, 2.45) is 11.8 Å². The molecule has 1 heterocycles. The molecule has 1 aliphatic heterocycles. The third-order valence-corrected chi connectivity index (χ3v) is 5.99. The second kappa shape index (κ2) is 8.51. The molecule has 0 N–H and O–H groups in total. The highest BCUT2D eigenvalue weighted by molar-refractivity contribution is 5.55. The van der Waals surface area contributed by atoms with Crippen molar-refractivity contribution in [1.82, 2.24) is 0 Å². The van der Waals surface area contributed by atoms with Crippen LogP contribution in [-0.2, 0) is 15.9 Å². The number of hydrogen-bond acceptors (Lipinski definition) is 6. The van der Waals surface area contributed by atoms with Gasteiger partial charge in [-0.3, -0.25) is 0 Å². The molecule has 3 atom stereocenters. The maximum Gasteiger partial charge on any atom is 0.231 e. The molecule has 0 saturated carbocycles. The van der Waals surface area contributed by atoms with Crippen LogP contribution < -0.4 is 18.9 Å². The Morgan fingerprint density at radius 3 is 2.28 bits per heavy atom. The van der Waals surface area contributed by atoms with Crippen LogP contribution in [0.4, 0.5) is 0 Å². The van der Waals surface area contributed by atoms with E-state index in [4.69, 9.17) is 28.4 Å². The number of benzene rings is 2. The fourth-order valence-corrected chi connectivity index (χ4v) is 4.70. The van der Waals surface area contributed by atoms with E-state index in [9.17, 15) is 0 Å². The van der Waals surface area contributed by atoms with E-state index in [0.29, 0.717) is 19.1 Å². The van der Waals surface area contributed by atoms with Crippen molar-refractivity contribution >= 4 is 0 Å². The standard InChI is InChI=1S/C23H28O6/c1-24-11-16-7-15-9-21-22(29-13-28-21)10-17(15)23(18(16)12-25-2)14-5-6-19(26-3)20(8-14)27-4/h5-6,8-10,16,18,23H,7,11-13H2,1-4H3/t16-,18-,23-/m0/s1. The van der Waals surface area contributed by atoms with Gasteiger partial charge < -0.3 is 28.4 Å². The van der Waals surface area contributed by atoms with Gasteiger partial charge in [0.2, 0.25) is 6.79 Å². The Balaban J connectivity index is 1.86. The smallest absolute Gasteiger partial charge is 0.231 e. The first-order valence-corrected chi connectivity index (χ1v) is 9.82. The first-order valence-electron chi connectivity index (χ1n) is 9.82. The van der Waals surface area contributed by atoms with E-state index in [2.05, 4.69) is 24.3 Å². The van der Waals surface area contributed by atoms with Gasteiger partial charge in [-0.25, -0.2) is 0 Å². The zero-order valence-electron chi connectivity index (χ0n) is 17.4. The molecule has 0 radical (unpaired) electrons. The molecule has 6 nitrogen and oxygen atoms in total. The molecule has 1 aliphatic carbocycles. The molecule has 2 aliphatic rings. The van der Waals surface area contributed by atoms with Crippen molar-refractivity contribution in [2.45, 2.75) is 12.3 Å². The van der Waals surface area contributed by atoms with Crippen LogP contribution in [0.2, 0.25) is 0 Å². The first-order chi connectivity index (χ1) is 14.2. The van der Waals surface area contributed by atoms with E-state index in [0.717, 1.165) is 35.0 Å². The molecule has 2 aromatic rings. The van der Waals surface area contributed by atoms with Gasteiger partial charge in [0.05, 0.1) is 20.8 Å². The molecule has 0 spiro atoms. The van der Waals surface area contributed by atoms with Gasteiger partial charge in [0.15, 0.2) is 23.0 Å². The molecule has 6 heteroatoms. The Morgan fingerprint density at radius 2 is 1.59 bits per heavy atom. The summed E-state index contributed by atoms with van der Waals surface area (Å²) in [5, 5.41) is 0.